The van der Waals surface area contributed by atoms with Crippen LogP contribution in [0.5, 0.6) is 0 Å². The second-order valence-corrected chi connectivity index (χ2v) is 2.82. The van der Waals surface area contributed by atoms with Gasteiger partial charge in [0.05, 0.1) is 4.60 Å². The smallest absolute Gasteiger partial charge is 0.352 e. The molecule has 60 valence electrons. The lowest BCUT2D eigenvalue weighted by atomic mass is 10.3. The van der Waals surface area contributed by atoms with Gasteiger partial charge in [0.15, 0.2) is 0 Å². The Labute approximate surface area is 71.5 Å². The van der Waals surface area contributed by atoms with Gasteiger partial charge in [0.2, 0.25) is 0 Å². The number of hydrogen-bond acceptors (Lipinski definition) is 2. The zero-order chi connectivity index (χ0) is 8.43. The predicted octanol–water partition coefficient (Wildman–Crippen LogP) is 0.934. The van der Waals surface area contributed by atoms with Crippen LogP contribution in [0.25, 0.3) is 0 Å². The normalized spacial score (nSPS) is 10.0. The number of aromatic amines is 1. The zero-order valence-corrected chi connectivity index (χ0v) is 7.18. The van der Waals surface area contributed by atoms with Crippen molar-refractivity contribution in [2.75, 3.05) is 0 Å². The molecule has 0 atom stereocenters. The number of aromatic nitrogens is 1. The van der Waals surface area contributed by atoms with Gasteiger partial charge >= 0.3 is 5.97 Å². The maximum absolute atomic E-state index is 10.4. The van der Waals surface area contributed by atoms with Crippen molar-refractivity contribution >= 4 is 21.9 Å². The maximum atomic E-state index is 10.4. The molecular weight excluding hydrogens is 212 g/mol. The number of carboxylic acids is 1. The van der Waals surface area contributed by atoms with E-state index in [1.54, 1.807) is 0 Å². The molecule has 5 heteroatoms. The minimum Gasteiger partial charge on any atom is -0.477 e. The van der Waals surface area contributed by atoms with Gasteiger partial charge in [-0.05, 0) is 27.6 Å². The summed E-state index contributed by atoms with van der Waals surface area (Å²) < 4.78 is 0.636. The average Bonchev–Trinajstić information content (AvgIpc) is 2.31. The van der Waals surface area contributed by atoms with Crippen molar-refractivity contribution in [2.45, 2.75) is 6.54 Å². The van der Waals surface area contributed by atoms with Crippen LogP contribution in [-0.4, -0.2) is 16.1 Å². The predicted molar refractivity (Wildman–Crippen MR) is 43.3 cm³/mol. The fraction of sp³-hybridized carbons (Fsp3) is 0.167. The van der Waals surface area contributed by atoms with Gasteiger partial charge in [-0.25, -0.2) is 4.79 Å². The van der Waals surface area contributed by atoms with Crippen LogP contribution in [0.2, 0.25) is 0 Å². The largest absolute Gasteiger partial charge is 0.477 e. The van der Waals surface area contributed by atoms with Crippen LogP contribution < -0.4 is 5.73 Å². The number of hydrogen-bond donors (Lipinski definition) is 3. The Morgan fingerprint density at radius 2 is 2.45 bits per heavy atom. The third-order valence-corrected chi connectivity index (χ3v) is 2.00. The number of halogens is 1. The van der Waals surface area contributed by atoms with Gasteiger partial charge < -0.3 is 15.8 Å². The molecule has 0 bridgehead atoms. The minimum atomic E-state index is -0.981. The van der Waals surface area contributed by atoms with E-state index >= 15 is 0 Å². The average molecular weight is 219 g/mol. The molecule has 0 aliphatic heterocycles. The molecule has 0 fully saturated rings. The molecule has 0 saturated heterocycles. The Bertz CT molecular complexity index is 282. The van der Waals surface area contributed by atoms with Crippen LogP contribution in [0.1, 0.15) is 16.1 Å². The summed E-state index contributed by atoms with van der Waals surface area (Å²) in [4.78, 5) is 13.0. The summed E-state index contributed by atoms with van der Waals surface area (Å²) in [5.41, 5.74) is 6.24. The lowest BCUT2D eigenvalue weighted by molar-refractivity contribution is 0.0691. The SMILES string of the molecule is NCc1cc(C(=O)O)[nH]c1Br. The van der Waals surface area contributed by atoms with E-state index in [0.29, 0.717) is 11.1 Å². The molecule has 4 N–H and O–H groups in total. The van der Waals surface area contributed by atoms with E-state index in [-0.39, 0.29) is 5.69 Å². The lowest BCUT2D eigenvalue weighted by Crippen LogP contribution is -1.96. The monoisotopic (exact) mass is 218 g/mol. The van der Waals surface area contributed by atoms with E-state index in [1.165, 1.54) is 6.07 Å². The van der Waals surface area contributed by atoms with Crippen LogP contribution in [0.15, 0.2) is 10.7 Å². The third kappa shape index (κ3) is 1.61. The van der Waals surface area contributed by atoms with E-state index in [4.69, 9.17) is 10.8 Å². The maximum Gasteiger partial charge on any atom is 0.352 e. The summed E-state index contributed by atoms with van der Waals surface area (Å²) in [7, 11) is 0. The summed E-state index contributed by atoms with van der Waals surface area (Å²) >= 11 is 3.15. The van der Waals surface area contributed by atoms with Crippen molar-refractivity contribution < 1.29 is 9.90 Å². The first-order chi connectivity index (χ1) is 5.15. The molecule has 11 heavy (non-hydrogen) atoms. The van der Waals surface area contributed by atoms with Gasteiger partial charge in [-0.15, -0.1) is 0 Å². The highest BCUT2D eigenvalue weighted by atomic mass is 79.9. The molecule has 0 aromatic carbocycles. The highest BCUT2D eigenvalue weighted by molar-refractivity contribution is 9.10. The molecule has 0 unspecified atom stereocenters. The molecule has 4 nitrogen and oxygen atoms in total. The second kappa shape index (κ2) is 3.06. The van der Waals surface area contributed by atoms with Gasteiger partial charge in [-0.1, -0.05) is 0 Å². The van der Waals surface area contributed by atoms with Gasteiger partial charge in [0.1, 0.15) is 5.69 Å². The Morgan fingerprint density at radius 3 is 2.73 bits per heavy atom. The van der Waals surface area contributed by atoms with Crippen LogP contribution in [0.3, 0.4) is 0 Å². The Morgan fingerprint density at radius 1 is 1.82 bits per heavy atom. The van der Waals surface area contributed by atoms with E-state index in [1.807, 2.05) is 0 Å². The van der Waals surface area contributed by atoms with E-state index in [2.05, 4.69) is 20.9 Å². The van der Waals surface area contributed by atoms with E-state index < -0.39 is 5.97 Å². The number of carboxylic acid groups (broad SMARTS) is 1. The Kier molecular flexibility index (Phi) is 2.31. The number of aromatic carboxylic acids is 1. The first kappa shape index (κ1) is 8.29. The first-order valence-corrected chi connectivity index (χ1v) is 3.75. The molecule has 1 rings (SSSR count). The van der Waals surface area contributed by atoms with Crippen molar-refractivity contribution in [3.8, 4) is 0 Å². The van der Waals surface area contributed by atoms with Crippen molar-refractivity contribution in [1.29, 1.82) is 0 Å². The summed E-state index contributed by atoms with van der Waals surface area (Å²) in [6, 6.07) is 1.51. The van der Waals surface area contributed by atoms with Crippen LogP contribution >= 0.6 is 15.9 Å². The van der Waals surface area contributed by atoms with Crippen LogP contribution in [-0.2, 0) is 6.54 Å². The number of rotatable bonds is 2. The van der Waals surface area contributed by atoms with Crippen LogP contribution in [0.4, 0.5) is 0 Å². The standard InChI is InChI=1S/C6H7BrN2O2/c7-5-3(2-8)1-4(9-5)6(10)11/h1,9H,2,8H2,(H,10,11). The molecule has 0 aliphatic carbocycles. The zero-order valence-electron chi connectivity index (χ0n) is 5.60. The topological polar surface area (TPSA) is 79.1 Å². The van der Waals surface area contributed by atoms with Gasteiger partial charge in [0.25, 0.3) is 0 Å². The fourth-order valence-corrected chi connectivity index (χ4v) is 1.23. The molecular formula is C6H7BrN2O2. The molecule has 0 saturated carbocycles. The lowest BCUT2D eigenvalue weighted by Gasteiger charge is -1.86. The van der Waals surface area contributed by atoms with E-state index in [9.17, 15) is 4.79 Å². The van der Waals surface area contributed by atoms with E-state index in [0.717, 1.165) is 5.56 Å². The van der Waals surface area contributed by atoms with Gasteiger partial charge in [-0.3, -0.25) is 0 Å². The third-order valence-electron chi connectivity index (χ3n) is 1.30. The van der Waals surface area contributed by atoms with Crippen molar-refractivity contribution in [1.82, 2.24) is 4.98 Å². The molecule has 0 aliphatic rings. The Hall–Kier alpha value is -0.810. The van der Waals surface area contributed by atoms with Crippen molar-refractivity contribution in [3.63, 3.8) is 0 Å². The molecule has 1 aromatic heterocycles. The summed E-state index contributed by atoms with van der Waals surface area (Å²) in [6.45, 7) is 0.324. The molecule has 1 aromatic rings. The Balaban J connectivity index is 3.05. The number of nitrogens with one attached hydrogen (secondary N) is 1. The number of carbonyl (C=O) groups is 1. The number of nitrogens with two attached hydrogens (primary N) is 1. The highest BCUT2D eigenvalue weighted by Crippen LogP contribution is 2.16. The van der Waals surface area contributed by atoms with Crippen molar-refractivity contribution in [2.24, 2.45) is 5.73 Å². The second-order valence-electron chi connectivity index (χ2n) is 2.03. The van der Waals surface area contributed by atoms with Gasteiger partial charge in [0, 0.05) is 6.54 Å². The molecule has 1 heterocycles. The molecule has 0 radical (unpaired) electrons. The summed E-state index contributed by atoms with van der Waals surface area (Å²) in [6.07, 6.45) is 0. The van der Waals surface area contributed by atoms with Crippen molar-refractivity contribution in [3.05, 3.63) is 21.9 Å². The number of H-pyrrole nitrogens is 1. The fourth-order valence-electron chi connectivity index (χ4n) is 0.736. The quantitative estimate of drug-likeness (QED) is 0.692. The van der Waals surface area contributed by atoms with Crippen LogP contribution in [0, 0.1) is 0 Å². The summed E-state index contributed by atoms with van der Waals surface area (Å²) in [5, 5.41) is 8.53. The highest BCUT2D eigenvalue weighted by Gasteiger charge is 2.08. The summed E-state index contributed by atoms with van der Waals surface area (Å²) in [5.74, 6) is -0.981. The molecule has 0 amide bonds. The van der Waals surface area contributed by atoms with Gasteiger partial charge in [-0.2, -0.15) is 0 Å². The minimum absolute atomic E-state index is 0.150. The first-order valence-electron chi connectivity index (χ1n) is 2.96. The molecule has 0 spiro atoms.